The second kappa shape index (κ2) is 8.58. The fourth-order valence-electron chi connectivity index (χ4n) is 1.92. The number of hydrogen-bond acceptors (Lipinski definition) is 4. The van der Waals surface area contributed by atoms with Crippen LogP contribution >= 0.6 is 11.6 Å². The van der Waals surface area contributed by atoms with E-state index >= 15 is 0 Å². The summed E-state index contributed by atoms with van der Waals surface area (Å²) >= 11 is 6.11. The second-order valence-corrected chi connectivity index (χ2v) is 5.05. The Morgan fingerprint density at radius 3 is 2.77 bits per heavy atom. The van der Waals surface area contributed by atoms with Crippen LogP contribution in [0.25, 0.3) is 11.3 Å². The molecule has 22 heavy (non-hydrogen) atoms. The summed E-state index contributed by atoms with van der Waals surface area (Å²) in [6.45, 7) is 2.59. The maximum absolute atomic E-state index is 12.0. The first-order chi connectivity index (χ1) is 10.7. The molecule has 0 aliphatic rings. The van der Waals surface area contributed by atoms with Crippen LogP contribution in [0.3, 0.4) is 0 Å². The first-order valence-corrected chi connectivity index (χ1v) is 7.42. The smallest absolute Gasteiger partial charge is 0.287 e. The van der Waals surface area contributed by atoms with Crippen molar-refractivity contribution in [3.8, 4) is 11.3 Å². The van der Waals surface area contributed by atoms with Gasteiger partial charge in [-0.2, -0.15) is 0 Å². The maximum Gasteiger partial charge on any atom is 0.287 e. The molecule has 1 aromatic carbocycles. The first kappa shape index (κ1) is 16.5. The molecular formula is C16H19ClN2O3. The van der Waals surface area contributed by atoms with Crippen LogP contribution in [-0.2, 0) is 4.74 Å². The van der Waals surface area contributed by atoms with Crippen molar-refractivity contribution in [3.63, 3.8) is 0 Å². The molecule has 0 unspecified atom stereocenters. The molecule has 1 aromatic heterocycles. The van der Waals surface area contributed by atoms with E-state index in [1.54, 1.807) is 25.3 Å². The summed E-state index contributed by atoms with van der Waals surface area (Å²) < 4.78 is 10.5. The van der Waals surface area contributed by atoms with E-state index in [-0.39, 0.29) is 11.7 Å². The minimum absolute atomic E-state index is 0.244. The van der Waals surface area contributed by atoms with Gasteiger partial charge in [0.1, 0.15) is 5.76 Å². The number of benzene rings is 1. The lowest BCUT2D eigenvalue weighted by Gasteiger charge is -2.05. The number of carbonyl (C=O) groups is 1. The molecule has 5 nitrogen and oxygen atoms in total. The molecule has 2 N–H and O–H groups in total. The van der Waals surface area contributed by atoms with Gasteiger partial charge in [0, 0.05) is 32.3 Å². The van der Waals surface area contributed by atoms with E-state index in [1.807, 2.05) is 18.2 Å². The zero-order valence-electron chi connectivity index (χ0n) is 12.4. The minimum Gasteiger partial charge on any atom is -0.451 e. The molecule has 0 aliphatic carbocycles. The third-order valence-electron chi connectivity index (χ3n) is 3.04. The van der Waals surface area contributed by atoms with Crippen molar-refractivity contribution in [3.05, 3.63) is 47.2 Å². The quantitative estimate of drug-likeness (QED) is 0.733. The molecule has 0 aliphatic heterocycles. The highest BCUT2D eigenvalue weighted by molar-refractivity contribution is 6.33. The number of amides is 1. The van der Waals surface area contributed by atoms with Crippen molar-refractivity contribution in [2.45, 2.75) is 0 Å². The molecule has 0 saturated heterocycles. The zero-order chi connectivity index (χ0) is 15.8. The van der Waals surface area contributed by atoms with Gasteiger partial charge in [0.15, 0.2) is 5.76 Å². The van der Waals surface area contributed by atoms with Crippen molar-refractivity contribution < 1.29 is 13.9 Å². The Hall–Kier alpha value is -1.82. The van der Waals surface area contributed by atoms with Crippen LogP contribution in [0.5, 0.6) is 0 Å². The summed E-state index contributed by atoms with van der Waals surface area (Å²) in [5.74, 6) is 0.604. The molecule has 2 aromatic rings. The summed E-state index contributed by atoms with van der Waals surface area (Å²) in [5.41, 5.74) is 0.768. The Morgan fingerprint density at radius 2 is 2.00 bits per heavy atom. The Kier molecular flexibility index (Phi) is 6.45. The molecule has 0 saturated carbocycles. The second-order valence-electron chi connectivity index (χ2n) is 4.64. The molecule has 2 rings (SSSR count). The number of furan rings is 1. The van der Waals surface area contributed by atoms with Crippen LogP contribution in [0, 0.1) is 0 Å². The lowest BCUT2D eigenvalue weighted by Crippen LogP contribution is -2.32. The Labute approximate surface area is 134 Å². The molecule has 0 spiro atoms. The molecule has 0 fully saturated rings. The summed E-state index contributed by atoms with van der Waals surface area (Å²) in [5, 5.41) is 6.52. The fourth-order valence-corrected chi connectivity index (χ4v) is 2.15. The highest BCUT2D eigenvalue weighted by Crippen LogP contribution is 2.28. The van der Waals surface area contributed by atoms with Gasteiger partial charge in [0.25, 0.3) is 5.91 Å². The van der Waals surface area contributed by atoms with Crippen LogP contribution in [0.2, 0.25) is 5.02 Å². The standard InChI is InChI=1S/C16H19ClN2O3/c1-21-11-10-18-8-9-19-16(20)15-7-6-14(22-15)12-4-2-3-5-13(12)17/h2-7,18H,8-11H2,1H3,(H,19,20). The van der Waals surface area contributed by atoms with Gasteiger partial charge in [0.05, 0.1) is 11.6 Å². The molecule has 0 radical (unpaired) electrons. The van der Waals surface area contributed by atoms with Gasteiger partial charge in [-0.05, 0) is 24.3 Å². The van der Waals surface area contributed by atoms with Crippen molar-refractivity contribution >= 4 is 17.5 Å². The van der Waals surface area contributed by atoms with Crippen LogP contribution in [0.1, 0.15) is 10.6 Å². The monoisotopic (exact) mass is 322 g/mol. The molecule has 1 heterocycles. The highest BCUT2D eigenvalue weighted by atomic mass is 35.5. The van der Waals surface area contributed by atoms with E-state index in [4.69, 9.17) is 20.8 Å². The predicted octanol–water partition coefficient (Wildman–Crippen LogP) is 2.57. The first-order valence-electron chi connectivity index (χ1n) is 7.05. The van der Waals surface area contributed by atoms with Crippen molar-refractivity contribution in [2.75, 3.05) is 33.4 Å². The minimum atomic E-state index is -0.244. The Morgan fingerprint density at radius 1 is 1.18 bits per heavy atom. The van der Waals surface area contributed by atoms with E-state index < -0.39 is 0 Å². The van der Waals surface area contributed by atoms with Gasteiger partial charge in [0.2, 0.25) is 0 Å². The third-order valence-corrected chi connectivity index (χ3v) is 3.37. The lowest BCUT2D eigenvalue weighted by atomic mass is 10.2. The molecule has 6 heteroatoms. The summed E-state index contributed by atoms with van der Waals surface area (Å²) in [6.07, 6.45) is 0. The normalized spacial score (nSPS) is 10.6. The highest BCUT2D eigenvalue weighted by Gasteiger charge is 2.13. The zero-order valence-corrected chi connectivity index (χ0v) is 13.2. The predicted molar refractivity (Wildman–Crippen MR) is 86.2 cm³/mol. The molecule has 1 amide bonds. The number of methoxy groups -OCH3 is 1. The van der Waals surface area contributed by atoms with Gasteiger partial charge in [-0.3, -0.25) is 4.79 Å². The molecule has 118 valence electrons. The number of carbonyl (C=O) groups excluding carboxylic acids is 1. The van der Waals surface area contributed by atoms with Crippen molar-refractivity contribution in [2.24, 2.45) is 0 Å². The fraction of sp³-hybridized carbons (Fsp3) is 0.312. The van der Waals surface area contributed by atoms with Gasteiger partial charge in [-0.15, -0.1) is 0 Å². The average Bonchev–Trinajstić information content (AvgIpc) is 3.01. The Balaban J connectivity index is 1.86. The topological polar surface area (TPSA) is 63.5 Å². The number of ether oxygens (including phenoxy) is 1. The third kappa shape index (κ3) is 4.59. The Bertz CT molecular complexity index is 613. The van der Waals surface area contributed by atoms with Crippen molar-refractivity contribution in [1.29, 1.82) is 0 Å². The van der Waals surface area contributed by atoms with Crippen LogP contribution in [0.4, 0.5) is 0 Å². The van der Waals surface area contributed by atoms with Crippen LogP contribution < -0.4 is 10.6 Å². The average molecular weight is 323 g/mol. The largest absolute Gasteiger partial charge is 0.451 e. The molecule has 0 atom stereocenters. The summed E-state index contributed by atoms with van der Waals surface area (Å²) in [6, 6.07) is 10.7. The molecular weight excluding hydrogens is 304 g/mol. The lowest BCUT2D eigenvalue weighted by molar-refractivity contribution is 0.0927. The number of nitrogens with one attached hydrogen (secondary N) is 2. The number of halogens is 1. The van der Waals surface area contributed by atoms with Gasteiger partial charge >= 0.3 is 0 Å². The van der Waals surface area contributed by atoms with E-state index in [9.17, 15) is 4.79 Å². The van der Waals surface area contributed by atoms with E-state index in [2.05, 4.69) is 10.6 Å². The van der Waals surface area contributed by atoms with Gasteiger partial charge in [-0.25, -0.2) is 0 Å². The van der Waals surface area contributed by atoms with E-state index in [0.29, 0.717) is 30.5 Å². The van der Waals surface area contributed by atoms with Gasteiger partial charge < -0.3 is 19.8 Å². The van der Waals surface area contributed by atoms with E-state index in [0.717, 1.165) is 12.1 Å². The number of hydrogen-bond donors (Lipinski definition) is 2. The molecule has 0 bridgehead atoms. The van der Waals surface area contributed by atoms with Crippen molar-refractivity contribution in [1.82, 2.24) is 10.6 Å². The van der Waals surface area contributed by atoms with Crippen LogP contribution in [-0.4, -0.2) is 39.3 Å². The van der Waals surface area contributed by atoms with E-state index in [1.165, 1.54) is 0 Å². The summed E-state index contributed by atoms with van der Waals surface area (Å²) in [7, 11) is 1.65. The number of rotatable bonds is 8. The summed E-state index contributed by atoms with van der Waals surface area (Å²) in [4.78, 5) is 12.0. The van der Waals surface area contributed by atoms with Gasteiger partial charge in [-0.1, -0.05) is 23.7 Å². The SMILES string of the molecule is COCCNCCNC(=O)c1ccc(-c2ccccc2Cl)o1. The maximum atomic E-state index is 12.0. The van der Waals surface area contributed by atoms with Crippen LogP contribution in [0.15, 0.2) is 40.8 Å².